The topological polar surface area (TPSA) is 77.1 Å². The molecule has 0 spiro atoms. The lowest BCUT2D eigenvalue weighted by atomic mass is 10.1. The van der Waals surface area contributed by atoms with Gasteiger partial charge in [0, 0.05) is 24.7 Å². The van der Waals surface area contributed by atoms with Crippen LogP contribution in [-0.4, -0.2) is 54.8 Å². The Bertz CT molecular complexity index is 683. The van der Waals surface area contributed by atoms with E-state index < -0.39 is 5.60 Å². The summed E-state index contributed by atoms with van der Waals surface area (Å²) in [7, 11) is 0. The van der Waals surface area contributed by atoms with Crippen molar-refractivity contribution >= 4 is 12.0 Å². The summed E-state index contributed by atoms with van der Waals surface area (Å²) in [6.45, 7) is 7.62. The Morgan fingerprint density at radius 1 is 1.19 bits per heavy atom. The van der Waals surface area contributed by atoms with E-state index in [-0.39, 0.29) is 18.0 Å². The minimum Gasteiger partial charge on any atom is -0.486 e. The van der Waals surface area contributed by atoms with Gasteiger partial charge in [0.1, 0.15) is 18.8 Å². The van der Waals surface area contributed by atoms with Crippen LogP contribution in [0.1, 0.15) is 44.0 Å². The van der Waals surface area contributed by atoms with E-state index in [0.717, 1.165) is 12.8 Å². The van der Waals surface area contributed by atoms with Gasteiger partial charge in [0.2, 0.25) is 0 Å². The molecule has 1 saturated heterocycles. The number of nitrogens with zero attached hydrogens (tertiary/aromatic N) is 1. The maximum Gasteiger partial charge on any atom is 0.410 e. The minimum atomic E-state index is -0.529. The molecule has 0 radical (unpaired) electrons. The fourth-order valence-electron chi connectivity index (χ4n) is 3.04. The van der Waals surface area contributed by atoms with Crippen LogP contribution in [0.3, 0.4) is 0 Å². The molecule has 7 heteroatoms. The van der Waals surface area contributed by atoms with Gasteiger partial charge in [-0.05, 0) is 51.8 Å². The normalized spacial score (nSPS) is 19.7. The number of ether oxygens (including phenoxy) is 3. The smallest absolute Gasteiger partial charge is 0.410 e. The molecule has 2 amide bonds. The summed E-state index contributed by atoms with van der Waals surface area (Å²) in [6.07, 6.45) is 1.32. The second-order valence-corrected chi connectivity index (χ2v) is 7.60. The predicted molar refractivity (Wildman–Crippen MR) is 95.7 cm³/mol. The van der Waals surface area contributed by atoms with Crippen LogP contribution in [0.5, 0.6) is 11.5 Å². The van der Waals surface area contributed by atoms with Gasteiger partial charge in [-0.25, -0.2) is 4.79 Å². The van der Waals surface area contributed by atoms with Crippen molar-refractivity contribution < 1.29 is 23.8 Å². The fraction of sp³-hybridized carbons (Fsp3) is 0.579. The third-order valence-corrected chi connectivity index (χ3v) is 4.21. The molecule has 26 heavy (non-hydrogen) atoms. The molecule has 2 aliphatic heterocycles. The fourth-order valence-corrected chi connectivity index (χ4v) is 3.04. The number of nitrogens with one attached hydrogen (secondary N) is 1. The summed E-state index contributed by atoms with van der Waals surface area (Å²) in [5, 5.41) is 3.00. The number of carbonyl (C=O) groups excluding carboxylic acids is 2. The second-order valence-electron chi connectivity index (χ2n) is 7.60. The number of fused-ring (bicyclic) bond motifs is 1. The van der Waals surface area contributed by atoms with E-state index in [1.165, 1.54) is 0 Å². The summed E-state index contributed by atoms with van der Waals surface area (Å²) >= 11 is 0. The number of carbonyl (C=O) groups is 2. The Morgan fingerprint density at radius 2 is 1.92 bits per heavy atom. The molecule has 1 aromatic rings. The first-order valence-corrected chi connectivity index (χ1v) is 9.00. The van der Waals surface area contributed by atoms with E-state index in [1.807, 2.05) is 20.8 Å². The third-order valence-electron chi connectivity index (χ3n) is 4.21. The van der Waals surface area contributed by atoms with Gasteiger partial charge in [0.15, 0.2) is 11.5 Å². The van der Waals surface area contributed by atoms with Gasteiger partial charge in [0.05, 0.1) is 0 Å². The van der Waals surface area contributed by atoms with Gasteiger partial charge in [0.25, 0.3) is 5.91 Å². The van der Waals surface area contributed by atoms with Gasteiger partial charge < -0.3 is 24.4 Å². The highest BCUT2D eigenvalue weighted by atomic mass is 16.6. The summed E-state index contributed by atoms with van der Waals surface area (Å²) in [5.74, 6) is 1.06. The molecule has 0 aliphatic carbocycles. The molecule has 0 saturated carbocycles. The molecule has 1 atom stereocenters. The molecule has 3 rings (SSSR count). The van der Waals surface area contributed by atoms with E-state index in [1.54, 1.807) is 23.1 Å². The number of rotatable bonds is 2. The molecule has 1 N–H and O–H groups in total. The number of hydrogen-bond donors (Lipinski definition) is 1. The van der Waals surface area contributed by atoms with Crippen LogP contribution in [0.4, 0.5) is 4.79 Å². The molecule has 0 bridgehead atoms. The Labute approximate surface area is 153 Å². The maximum absolute atomic E-state index is 12.6. The van der Waals surface area contributed by atoms with Crippen LogP contribution in [0.25, 0.3) is 0 Å². The zero-order valence-electron chi connectivity index (χ0n) is 15.5. The molecule has 1 aromatic carbocycles. The molecule has 0 aromatic heterocycles. The standard InChI is InChI=1S/C19H26N2O5/c1-19(2,3)26-18(23)21-8-4-5-14(12-21)20-17(22)13-6-7-15-16(11-13)25-10-9-24-15/h6-7,11,14H,4-5,8-10,12H2,1-3H3,(H,20,22)/t14-/m0/s1. The van der Waals surface area contributed by atoms with Crippen LogP contribution in [0.15, 0.2) is 18.2 Å². The lowest BCUT2D eigenvalue weighted by Gasteiger charge is -2.34. The second kappa shape index (κ2) is 7.43. The number of piperidine rings is 1. The van der Waals surface area contributed by atoms with Crippen LogP contribution in [0.2, 0.25) is 0 Å². The Balaban J connectivity index is 1.59. The highest BCUT2D eigenvalue weighted by molar-refractivity contribution is 5.95. The first kappa shape index (κ1) is 18.4. The van der Waals surface area contributed by atoms with Gasteiger partial charge >= 0.3 is 6.09 Å². The highest BCUT2D eigenvalue weighted by Crippen LogP contribution is 2.30. The monoisotopic (exact) mass is 362 g/mol. The first-order valence-electron chi connectivity index (χ1n) is 9.00. The molecule has 0 unspecified atom stereocenters. The quantitative estimate of drug-likeness (QED) is 0.875. The highest BCUT2D eigenvalue weighted by Gasteiger charge is 2.28. The van der Waals surface area contributed by atoms with E-state index in [0.29, 0.717) is 43.4 Å². The molecule has 142 valence electrons. The van der Waals surface area contributed by atoms with E-state index in [9.17, 15) is 9.59 Å². The lowest BCUT2D eigenvalue weighted by molar-refractivity contribution is 0.0185. The molecule has 2 heterocycles. The molecule has 1 fully saturated rings. The van der Waals surface area contributed by atoms with Crippen molar-refractivity contribution in [2.75, 3.05) is 26.3 Å². The number of hydrogen-bond acceptors (Lipinski definition) is 5. The van der Waals surface area contributed by atoms with E-state index >= 15 is 0 Å². The average Bonchev–Trinajstić information content (AvgIpc) is 2.60. The SMILES string of the molecule is CC(C)(C)OC(=O)N1CCC[C@H](NC(=O)c2ccc3c(c2)OCCO3)C1. The van der Waals surface area contributed by atoms with Crippen molar-refractivity contribution in [1.82, 2.24) is 10.2 Å². The summed E-state index contributed by atoms with van der Waals surface area (Å²) in [6, 6.07) is 5.06. The number of amides is 2. The molecule has 2 aliphatic rings. The van der Waals surface area contributed by atoms with Crippen molar-refractivity contribution in [2.45, 2.75) is 45.3 Å². The van der Waals surface area contributed by atoms with E-state index in [4.69, 9.17) is 14.2 Å². The van der Waals surface area contributed by atoms with Gasteiger partial charge in [-0.15, -0.1) is 0 Å². The number of likely N-dealkylation sites (tertiary alicyclic amines) is 1. The average molecular weight is 362 g/mol. The zero-order chi connectivity index (χ0) is 18.7. The molecular weight excluding hydrogens is 336 g/mol. The van der Waals surface area contributed by atoms with Crippen molar-refractivity contribution in [3.63, 3.8) is 0 Å². The van der Waals surface area contributed by atoms with Crippen LogP contribution in [-0.2, 0) is 4.74 Å². The van der Waals surface area contributed by atoms with Gasteiger partial charge in [-0.3, -0.25) is 4.79 Å². The van der Waals surface area contributed by atoms with Crippen molar-refractivity contribution in [3.8, 4) is 11.5 Å². The van der Waals surface area contributed by atoms with Crippen molar-refractivity contribution in [3.05, 3.63) is 23.8 Å². The van der Waals surface area contributed by atoms with Crippen LogP contribution >= 0.6 is 0 Å². The molecular formula is C19H26N2O5. The first-order chi connectivity index (χ1) is 12.3. The lowest BCUT2D eigenvalue weighted by Crippen LogP contribution is -2.50. The third kappa shape index (κ3) is 4.59. The Kier molecular flexibility index (Phi) is 5.25. The Morgan fingerprint density at radius 3 is 2.65 bits per heavy atom. The maximum atomic E-state index is 12.6. The zero-order valence-corrected chi connectivity index (χ0v) is 15.5. The van der Waals surface area contributed by atoms with Gasteiger partial charge in [-0.1, -0.05) is 0 Å². The van der Waals surface area contributed by atoms with Crippen molar-refractivity contribution in [1.29, 1.82) is 0 Å². The van der Waals surface area contributed by atoms with Crippen molar-refractivity contribution in [2.24, 2.45) is 0 Å². The molecule has 7 nitrogen and oxygen atoms in total. The predicted octanol–water partition coefficient (Wildman–Crippen LogP) is 2.59. The summed E-state index contributed by atoms with van der Waals surface area (Å²) in [5.41, 5.74) is -0.0120. The van der Waals surface area contributed by atoms with Crippen LogP contribution < -0.4 is 14.8 Å². The number of benzene rings is 1. The Hall–Kier alpha value is -2.44. The van der Waals surface area contributed by atoms with E-state index in [2.05, 4.69) is 5.32 Å². The summed E-state index contributed by atoms with van der Waals surface area (Å²) in [4.78, 5) is 26.5. The van der Waals surface area contributed by atoms with Gasteiger partial charge in [-0.2, -0.15) is 0 Å². The largest absolute Gasteiger partial charge is 0.486 e. The summed E-state index contributed by atoms with van der Waals surface area (Å²) < 4.78 is 16.4. The van der Waals surface area contributed by atoms with Crippen LogP contribution in [0, 0.1) is 0 Å². The minimum absolute atomic E-state index is 0.100.